The fraction of sp³-hybridized carbons (Fsp3) is 0.375. The van der Waals surface area contributed by atoms with Gasteiger partial charge in [0.2, 0.25) is 5.91 Å². The second-order valence-corrected chi connectivity index (χ2v) is 9.95. The zero-order valence-corrected chi connectivity index (χ0v) is 22.2. The number of methoxy groups -OCH3 is 1. The van der Waals surface area contributed by atoms with E-state index in [2.05, 4.69) is 64.5 Å². The van der Waals surface area contributed by atoms with Gasteiger partial charge in [-0.25, -0.2) is 4.98 Å². The zero-order chi connectivity index (χ0) is 26.2. The minimum atomic E-state index is 0.113. The summed E-state index contributed by atoms with van der Waals surface area (Å²) >= 11 is 0. The van der Waals surface area contributed by atoms with Gasteiger partial charge in [-0.05, 0) is 80.3 Å². The number of nitrogens with one attached hydrogen (secondary N) is 1. The number of hydrogen-bond donors (Lipinski definition) is 1. The third-order valence-electron chi connectivity index (χ3n) is 7.16. The van der Waals surface area contributed by atoms with Crippen LogP contribution in [0.5, 0.6) is 5.75 Å². The topological polar surface area (TPSA) is 65.4 Å². The number of amides is 1. The molecular formula is C32H37N3O3. The van der Waals surface area contributed by atoms with Gasteiger partial charge in [0.1, 0.15) is 11.6 Å². The Morgan fingerprint density at radius 1 is 0.921 bits per heavy atom. The first-order chi connectivity index (χ1) is 18.7. The van der Waals surface area contributed by atoms with Crippen molar-refractivity contribution in [3.63, 3.8) is 0 Å². The van der Waals surface area contributed by atoms with Crippen molar-refractivity contribution in [2.75, 3.05) is 26.9 Å². The van der Waals surface area contributed by atoms with E-state index in [4.69, 9.17) is 14.5 Å². The summed E-state index contributed by atoms with van der Waals surface area (Å²) in [5.74, 6) is 1.90. The molecule has 3 aromatic carbocycles. The number of hydrogen-bond acceptors (Lipinski definition) is 4. The molecule has 1 heterocycles. The van der Waals surface area contributed by atoms with Crippen molar-refractivity contribution in [2.45, 2.75) is 51.4 Å². The highest BCUT2D eigenvalue weighted by Gasteiger charge is 2.18. The number of aryl methyl sites for hydroxylation is 2. The fourth-order valence-corrected chi connectivity index (χ4v) is 5.17. The van der Waals surface area contributed by atoms with Gasteiger partial charge in [-0.2, -0.15) is 0 Å². The maximum Gasteiger partial charge on any atom is 0.219 e. The molecule has 1 aliphatic rings. The molecule has 0 saturated heterocycles. The quantitative estimate of drug-likeness (QED) is 0.215. The summed E-state index contributed by atoms with van der Waals surface area (Å²) in [6, 6.07) is 23.4. The second-order valence-electron chi connectivity index (χ2n) is 9.95. The second kappa shape index (κ2) is 12.7. The number of imidazole rings is 1. The number of rotatable bonds is 13. The molecule has 6 nitrogen and oxygen atoms in total. The van der Waals surface area contributed by atoms with E-state index in [9.17, 15) is 4.79 Å². The Morgan fingerprint density at radius 2 is 1.79 bits per heavy atom. The molecule has 6 heteroatoms. The van der Waals surface area contributed by atoms with Gasteiger partial charge >= 0.3 is 0 Å². The molecule has 0 spiro atoms. The molecule has 0 bridgehead atoms. The van der Waals surface area contributed by atoms with Crippen LogP contribution in [0.1, 0.15) is 49.7 Å². The maximum absolute atomic E-state index is 11.9. The third kappa shape index (κ3) is 6.25. The minimum absolute atomic E-state index is 0.113. The summed E-state index contributed by atoms with van der Waals surface area (Å²) in [5, 5.41) is 2.94. The predicted molar refractivity (Wildman–Crippen MR) is 152 cm³/mol. The molecule has 5 rings (SSSR count). The first kappa shape index (κ1) is 26.0. The van der Waals surface area contributed by atoms with Crippen LogP contribution in [0, 0.1) is 0 Å². The Balaban J connectivity index is 1.26. The van der Waals surface area contributed by atoms with Gasteiger partial charge < -0.3 is 14.8 Å². The van der Waals surface area contributed by atoms with Crippen LogP contribution in [0.3, 0.4) is 0 Å². The third-order valence-corrected chi connectivity index (χ3v) is 7.16. The lowest BCUT2D eigenvalue weighted by atomic mass is 10.1. The predicted octanol–water partition coefficient (Wildman–Crippen LogP) is 6.27. The van der Waals surface area contributed by atoms with Crippen molar-refractivity contribution < 1.29 is 14.3 Å². The van der Waals surface area contributed by atoms with Crippen LogP contribution in [-0.4, -0.2) is 42.3 Å². The lowest BCUT2D eigenvalue weighted by molar-refractivity contribution is -0.121. The summed E-state index contributed by atoms with van der Waals surface area (Å²) < 4.78 is 13.4. The van der Waals surface area contributed by atoms with E-state index in [1.54, 1.807) is 7.11 Å². The summed E-state index contributed by atoms with van der Waals surface area (Å²) in [4.78, 5) is 16.9. The van der Waals surface area contributed by atoms with Crippen molar-refractivity contribution in [1.29, 1.82) is 0 Å². The summed E-state index contributed by atoms with van der Waals surface area (Å²) in [6.45, 7) is 1.97. The van der Waals surface area contributed by atoms with Crippen LogP contribution in [-0.2, 0) is 22.4 Å². The van der Waals surface area contributed by atoms with Crippen LogP contribution < -0.4 is 10.1 Å². The molecule has 1 N–H and O–H groups in total. The molecule has 0 saturated carbocycles. The Kier molecular flexibility index (Phi) is 8.71. The first-order valence-corrected chi connectivity index (χ1v) is 13.8. The Bertz CT molecular complexity index is 1360. The highest BCUT2D eigenvalue weighted by atomic mass is 16.5. The van der Waals surface area contributed by atoms with Gasteiger partial charge in [0.15, 0.2) is 0 Å². The molecule has 0 radical (unpaired) electrons. The standard InChI is InChI=1S/C32H37N3O3/c1-37-20-9-19-33-31(36)14-6-3-7-21-38-28-17-18-29-30(23-28)35(32(34-29)25-10-4-2-5-11-25)27-16-15-24-12-8-13-26(24)22-27/h2,4-5,10-11,15-18,22-23H,3,6-9,12-14,19-21H2,1H3,(H,33,36). The number of unbranched alkanes of at least 4 members (excludes halogenated alkanes) is 2. The smallest absolute Gasteiger partial charge is 0.219 e. The molecule has 0 aliphatic heterocycles. The van der Waals surface area contributed by atoms with Gasteiger partial charge in [0, 0.05) is 44.0 Å². The van der Waals surface area contributed by atoms with Crippen molar-refractivity contribution in [3.05, 3.63) is 77.9 Å². The SMILES string of the molecule is COCCCNC(=O)CCCCCOc1ccc2nc(-c3ccccc3)n(-c3ccc4c(c3)CCC4)c2c1. The highest BCUT2D eigenvalue weighted by molar-refractivity contribution is 5.84. The van der Waals surface area contributed by atoms with E-state index >= 15 is 0 Å². The molecule has 1 aliphatic carbocycles. The monoisotopic (exact) mass is 511 g/mol. The number of aromatic nitrogens is 2. The summed E-state index contributed by atoms with van der Waals surface area (Å²) in [6.07, 6.45) is 7.67. The normalized spacial score (nSPS) is 12.6. The van der Waals surface area contributed by atoms with Crippen LogP contribution in [0.25, 0.3) is 28.1 Å². The van der Waals surface area contributed by atoms with Gasteiger partial charge in [-0.15, -0.1) is 0 Å². The summed E-state index contributed by atoms with van der Waals surface area (Å²) in [5.41, 5.74) is 7.14. The highest BCUT2D eigenvalue weighted by Crippen LogP contribution is 2.33. The van der Waals surface area contributed by atoms with E-state index in [0.29, 0.717) is 26.2 Å². The van der Waals surface area contributed by atoms with Crippen LogP contribution in [0.2, 0.25) is 0 Å². The van der Waals surface area contributed by atoms with Gasteiger partial charge in [0.25, 0.3) is 0 Å². The van der Waals surface area contributed by atoms with Crippen molar-refractivity contribution in [1.82, 2.24) is 14.9 Å². The molecular weight excluding hydrogens is 474 g/mol. The molecule has 1 aromatic heterocycles. The number of fused-ring (bicyclic) bond motifs is 2. The minimum Gasteiger partial charge on any atom is -0.494 e. The van der Waals surface area contributed by atoms with Gasteiger partial charge in [0.05, 0.1) is 17.6 Å². The van der Waals surface area contributed by atoms with Crippen molar-refractivity contribution in [3.8, 4) is 22.8 Å². The van der Waals surface area contributed by atoms with Crippen LogP contribution >= 0.6 is 0 Å². The fourth-order valence-electron chi connectivity index (χ4n) is 5.17. The molecule has 0 unspecified atom stereocenters. The van der Waals surface area contributed by atoms with Crippen LogP contribution in [0.4, 0.5) is 0 Å². The Morgan fingerprint density at radius 3 is 2.66 bits per heavy atom. The Labute approximate surface area is 225 Å². The molecule has 0 atom stereocenters. The molecule has 1 amide bonds. The first-order valence-electron chi connectivity index (χ1n) is 13.8. The molecule has 198 valence electrons. The van der Waals surface area contributed by atoms with E-state index in [1.165, 1.54) is 24.0 Å². The number of benzene rings is 3. The Hall–Kier alpha value is -3.64. The number of ether oxygens (including phenoxy) is 2. The van der Waals surface area contributed by atoms with Gasteiger partial charge in [-0.3, -0.25) is 9.36 Å². The molecule has 38 heavy (non-hydrogen) atoms. The van der Waals surface area contributed by atoms with E-state index in [-0.39, 0.29) is 5.91 Å². The maximum atomic E-state index is 11.9. The van der Waals surface area contributed by atoms with E-state index < -0.39 is 0 Å². The van der Waals surface area contributed by atoms with E-state index in [1.807, 2.05) is 12.1 Å². The number of carbonyl (C=O) groups is 1. The van der Waals surface area contributed by atoms with Gasteiger partial charge in [-0.1, -0.05) is 36.4 Å². The molecule has 4 aromatic rings. The zero-order valence-electron chi connectivity index (χ0n) is 22.2. The van der Waals surface area contributed by atoms with Crippen molar-refractivity contribution in [2.24, 2.45) is 0 Å². The van der Waals surface area contributed by atoms with Crippen molar-refractivity contribution >= 4 is 16.9 Å². The lowest BCUT2D eigenvalue weighted by Crippen LogP contribution is -2.24. The number of carbonyl (C=O) groups excluding carboxylic acids is 1. The average Bonchev–Trinajstić information content (AvgIpc) is 3.57. The number of nitrogens with zero attached hydrogens (tertiary/aromatic N) is 2. The van der Waals surface area contributed by atoms with E-state index in [0.717, 1.165) is 66.0 Å². The lowest BCUT2D eigenvalue weighted by Gasteiger charge is -2.12. The summed E-state index contributed by atoms with van der Waals surface area (Å²) in [7, 11) is 1.67. The van der Waals surface area contributed by atoms with Crippen LogP contribution in [0.15, 0.2) is 66.7 Å². The molecule has 0 fully saturated rings. The largest absolute Gasteiger partial charge is 0.494 e. The average molecular weight is 512 g/mol.